The molecular weight excluding hydrogens is 260 g/mol. The number of carbonyl (C=O) groups excluding carboxylic acids is 1. The summed E-state index contributed by atoms with van der Waals surface area (Å²) < 4.78 is 4.17. The molecule has 96 valence electrons. The van der Waals surface area contributed by atoms with Gasteiger partial charge in [0.05, 0.1) is 17.6 Å². The maximum absolute atomic E-state index is 12.2. The van der Waals surface area contributed by atoms with Crippen LogP contribution in [0.25, 0.3) is 10.1 Å². The second-order valence-electron chi connectivity index (χ2n) is 4.37. The number of hydrogen-bond acceptors (Lipinski definition) is 3. The fourth-order valence-electron chi connectivity index (χ4n) is 2.12. The van der Waals surface area contributed by atoms with Crippen LogP contribution in [0.1, 0.15) is 10.5 Å². The number of thiophene rings is 1. The van der Waals surface area contributed by atoms with E-state index in [1.165, 1.54) is 15.9 Å². The Morgan fingerprint density at radius 1 is 1.26 bits per heavy atom. The van der Waals surface area contributed by atoms with Crippen LogP contribution in [-0.4, -0.2) is 14.9 Å². The average molecular weight is 272 g/mol. The predicted octanol–water partition coefficient (Wildman–Crippen LogP) is 2.28. The molecule has 0 aliphatic carbocycles. The number of fused-ring (bicyclic) bond motifs is 1. The van der Waals surface area contributed by atoms with Gasteiger partial charge in [-0.1, -0.05) is 0 Å². The van der Waals surface area contributed by atoms with Crippen molar-refractivity contribution >= 4 is 27.2 Å². The summed E-state index contributed by atoms with van der Waals surface area (Å²) in [6.07, 6.45) is 3.50. The molecule has 0 atom stereocenters. The van der Waals surface area contributed by atoms with Crippen molar-refractivity contribution in [1.82, 2.24) is 9.13 Å². The number of aromatic nitrogens is 2. The third-order valence-corrected chi connectivity index (χ3v) is 4.02. The first-order valence-electron chi connectivity index (χ1n) is 5.88. The average Bonchev–Trinajstić information content (AvgIpc) is 3.01. The highest BCUT2D eigenvalue weighted by atomic mass is 32.1. The van der Waals surface area contributed by atoms with Gasteiger partial charge in [-0.3, -0.25) is 9.59 Å². The Hall–Kier alpha value is -2.14. The van der Waals surface area contributed by atoms with Crippen LogP contribution < -0.4 is 5.56 Å². The summed E-state index contributed by atoms with van der Waals surface area (Å²) in [6.45, 7) is 0.0719. The summed E-state index contributed by atoms with van der Waals surface area (Å²) in [4.78, 5) is 24.3. The fourth-order valence-corrected chi connectivity index (χ4v) is 2.89. The van der Waals surface area contributed by atoms with E-state index >= 15 is 0 Å². The van der Waals surface area contributed by atoms with Crippen molar-refractivity contribution in [3.63, 3.8) is 0 Å². The Balaban J connectivity index is 1.98. The standard InChI is InChI=1S/C14H12N2O2S/c1-15-6-2-3-11(15)12(17)9-16-7-4-13-10(14(16)18)5-8-19-13/h2-8H,9H2,1H3. The van der Waals surface area contributed by atoms with Gasteiger partial charge in [0, 0.05) is 24.1 Å². The van der Waals surface area contributed by atoms with Crippen molar-refractivity contribution in [3.8, 4) is 0 Å². The summed E-state index contributed by atoms with van der Waals surface area (Å²) >= 11 is 1.53. The molecule has 0 spiro atoms. The van der Waals surface area contributed by atoms with Gasteiger partial charge in [0.2, 0.25) is 0 Å². The molecule has 0 saturated heterocycles. The van der Waals surface area contributed by atoms with Crippen molar-refractivity contribution in [2.45, 2.75) is 6.54 Å². The Kier molecular flexibility index (Phi) is 2.83. The van der Waals surface area contributed by atoms with E-state index in [4.69, 9.17) is 0 Å². The summed E-state index contributed by atoms with van der Waals surface area (Å²) in [5, 5.41) is 2.56. The number of nitrogens with zero attached hydrogens (tertiary/aromatic N) is 2. The molecule has 0 aliphatic heterocycles. The molecule has 3 aromatic rings. The number of rotatable bonds is 3. The van der Waals surface area contributed by atoms with E-state index in [1.54, 1.807) is 22.9 Å². The smallest absolute Gasteiger partial charge is 0.259 e. The third-order valence-electron chi connectivity index (χ3n) is 3.14. The molecule has 0 amide bonds. The van der Waals surface area contributed by atoms with Crippen LogP contribution in [0.5, 0.6) is 0 Å². The van der Waals surface area contributed by atoms with Crippen LogP contribution in [0.15, 0.2) is 46.8 Å². The Morgan fingerprint density at radius 3 is 2.84 bits per heavy atom. The van der Waals surface area contributed by atoms with Crippen molar-refractivity contribution in [2.24, 2.45) is 7.05 Å². The van der Waals surface area contributed by atoms with Gasteiger partial charge < -0.3 is 9.13 Å². The lowest BCUT2D eigenvalue weighted by Gasteiger charge is -2.06. The van der Waals surface area contributed by atoms with Crippen molar-refractivity contribution in [1.29, 1.82) is 0 Å². The van der Waals surface area contributed by atoms with Gasteiger partial charge >= 0.3 is 0 Å². The minimum Gasteiger partial charge on any atom is -0.348 e. The van der Waals surface area contributed by atoms with Crippen molar-refractivity contribution in [2.75, 3.05) is 0 Å². The SMILES string of the molecule is Cn1cccc1C(=O)Cn1ccc2sccc2c1=O. The van der Waals surface area contributed by atoms with E-state index in [1.807, 2.05) is 30.8 Å². The quantitative estimate of drug-likeness (QED) is 0.687. The molecule has 0 unspecified atom stereocenters. The molecular formula is C14H12N2O2S. The first-order chi connectivity index (χ1) is 9.16. The van der Waals surface area contributed by atoms with Crippen LogP contribution in [-0.2, 0) is 13.6 Å². The monoisotopic (exact) mass is 272 g/mol. The van der Waals surface area contributed by atoms with Crippen molar-refractivity contribution in [3.05, 3.63) is 58.1 Å². The van der Waals surface area contributed by atoms with E-state index in [2.05, 4.69) is 0 Å². The minimum atomic E-state index is -0.110. The van der Waals surface area contributed by atoms with Gasteiger partial charge in [-0.25, -0.2) is 0 Å². The Bertz CT molecular complexity index is 810. The molecule has 19 heavy (non-hydrogen) atoms. The zero-order valence-corrected chi connectivity index (χ0v) is 11.2. The van der Waals surface area contributed by atoms with E-state index in [9.17, 15) is 9.59 Å². The highest BCUT2D eigenvalue weighted by Crippen LogP contribution is 2.16. The fraction of sp³-hybridized carbons (Fsp3) is 0.143. The Labute approximate surface area is 113 Å². The topological polar surface area (TPSA) is 44.0 Å². The highest BCUT2D eigenvalue weighted by molar-refractivity contribution is 7.17. The van der Waals surface area contributed by atoms with Crippen LogP contribution in [0, 0.1) is 0 Å². The minimum absolute atomic E-state index is 0.0656. The normalized spacial score (nSPS) is 11.0. The molecule has 4 nitrogen and oxygen atoms in total. The largest absolute Gasteiger partial charge is 0.348 e. The van der Waals surface area contributed by atoms with Crippen LogP contribution >= 0.6 is 11.3 Å². The lowest BCUT2D eigenvalue weighted by atomic mass is 10.2. The van der Waals surface area contributed by atoms with E-state index in [-0.39, 0.29) is 17.9 Å². The first kappa shape index (κ1) is 11.9. The molecule has 0 aliphatic rings. The Morgan fingerprint density at radius 2 is 2.11 bits per heavy atom. The molecule has 0 saturated carbocycles. The van der Waals surface area contributed by atoms with Crippen LogP contribution in [0.3, 0.4) is 0 Å². The van der Waals surface area contributed by atoms with Crippen molar-refractivity contribution < 1.29 is 4.79 Å². The van der Waals surface area contributed by atoms with Gasteiger partial charge in [0.25, 0.3) is 5.56 Å². The van der Waals surface area contributed by atoms with Gasteiger partial charge in [0.1, 0.15) is 0 Å². The summed E-state index contributed by atoms with van der Waals surface area (Å²) in [5.41, 5.74) is 0.499. The molecule has 3 rings (SSSR count). The number of ketones is 1. The number of Topliss-reactive ketones (excluding diaryl/α,β-unsaturated/α-hetero) is 1. The second-order valence-corrected chi connectivity index (χ2v) is 5.32. The third kappa shape index (κ3) is 2.02. The molecule has 0 aromatic carbocycles. The highest BCUT2D eigenvalue weighted by Gasteiger charge is 2.11. The molecule has 0 fully saturated rings. The molecule has 0 bridgehead atoms. The molecule has 0 N–H and O–H groups in total. The molecule has 3 aromatic heterocycles. The first-order valence-corrected chi connectivity index (χ1v) is 6.76. The molecule has 5 heteroatoms. The van der Waals surface area contributed by atoms with E-state index in [0.717, 1.165) is 4.70 Å². The maximum atomic E-state index is 12.2. The summed E-state index contributed by atoms with van der Waals surface area (Å²) in [7, 11) is 1.82. The van der Waals surface area contributed by atoms with Crippen LogP contribution in [0.2, 0.25) is 0 Å². The maximum Gasteiger partial charge on any atom is 0.259 e. The van der Waals surface area contributed by atoms with Crippen LogP contribution in [0.4, 0.5) is 0 Å². The number of hydrogen-bond donors (Lipinski definition) is 0. The summed E-state index contributed by atoms with van der Waals surface area (Å²) in [5.74, 6) is -0.0656. The van der Waals surface area contributed by atoms with E-state index in [0.29, 0.717) is 11.1 Å². The van der Waals surface area contributed by atoms with Gasteiger partial charge in [0.15, 0.2) is 5.78 Å². The zero-order valence-electron chi connectivity index (χ0n) is 10.4. The number of carbonyl (C=O) groups is 1. The summed E-state index contributed by atoms with van der Waals surface area (Å²) in [6, 6.07) is 7.25. The lowest BCUT2D eigenvalue weighted by molar-refractivity contribution is 0.0963. The zero-order chi connectivity index (χ0) is 13.4. The van der Waals surface area contributed by atoms with Gasteiger partial charge in [-0.05, 0) is 29.6 Å². The molecule has 3 heterocycles. The van der Waals surface area contributed by atoms with Gasteiger partial charge in [-0.15, -0.1) is 11.3 Å². The van der Waals surface area contributed by atoms with Gasteiger partial charge in [-0.2, -0.15) is 0 Å². The van der Waals surface area contributed by atoms with E-state index < -0.39 is 0 Å². The lowest BCUT2D eigenvalue weighted by Crippen LogP contribution is -2.24. The number of pyridine rings is 1. The molecule has 0 radical (unpaired) electrons. The number of aryl methyl sites for hydroxylation is 1. The predicted molar refractivity (Wildman–Crippen MR) is 75.8 cm³/mol. The second kappa shape index (κ2) is 4.51.